The predicted molar refractivity (Wildman–Crippen MR) is 60.9 cm³/mol. The minimum Gasteiger partial charge on any atom is -0.426 e. The Labute approximate surface area is 96.2 Å². The third kappa shape index (κ3) is 2.11. The summed E-state index contributed by atoms with van der Waals surface area (Å²) in [4.78, 5) is 0. The Balaban J connectivity index is 2.06. The number of ether oxygens (including phenoxy) is 1. The van der Waals surface area contributed by atoms with Gasteiger partial charge in [0.1, 0.15) is 6.23 Å². The number of nitrogens with zero attached hydrogens (tertiary/aromatic N) is 1. The van der Waals surface area contributed by atoms with Crippen molar-refractivity contribution < 1.29 is 14.8 Å². The topological polar surface area (TPSA) is 65.0 Å². The van der Waals surface area contributed by atoms with Crippen molar-refractivity contribution in [1.29, 1.82) is 0 Å². The first kappa shape index (κ1) is 11.9. The van der Waals surface area contributed by atoms with Gasteiger partial charge in [-0.05, 0) is 39.2 Å². The van der Waals surface area contributed by atoms with E-state index in [4.69, 9.17) is 4.74 Å². The Morgan fingerprint density at radius 3 is 2.81 bits per heavy atom. The lowest BCUT2D eigenvalue weighted by atomic mass is 9.67. The van der Waals surface area contributed by atoms with E-state index in [1.54, 1.807) is 6.92 Å². The molecule has 2 atom stereocenters. The molecule has 2 aliphatic heterocycles. The molecule has 0 radical (unpaired) electrons. The molecule has 2 unspecified atom stereocenters. The molecule has 0 aromatic rings. The molecule has 5 nitrogen and oxygen atoms in total. The van der Waals surface area contributed by atoms with Crippen molar-refractivity contribution in [3.63, 3.8) is 0 Å². The van der Waals surface area contributed by atoms with Gasteiger partial charge in [-0.2, -0.15) is 0 Å². The second-order valence-electron chi connectivity index (χ2n) is 4.75. The van der Waals surface area contributed by atoms with E-state index < -0.39 is 12.6 Å². The van der Waals surface area contributed by atoms with Gasteiger partial charge in [-0.1, -0.05) is 0 Å². The first-order chi connectivity index (χ1) is 7.53. The number of hydrogen-bond acceptors (Lipinski definition) is 5. The van der Waals surface area contributed by atoms with Crippen molar-refractivity contribution in [1.82, 2.24) is 10.4 Å². The van der Waals surface area contributed by atoms with E-state index in [-0.39, 0.29) is 6.23 Å². The van der Waals surface area contributed by atoms with Gasteiger partial charge in [0.05, 0.1) is 5.44 Å². The molecule has 2 rings (SSSR count). The molecule has 0 saturated carbocycles. The average molecular weight is 226 g/mol. The summed E-state index contributed by atoms with van der Waals surface area (Å²) in [6.07, 6.45) is 5.05. The van der Waals surface area contributed by atoms with E-state index in [0.29, 0.717) is 0 Å². The number of rotatable bonds is 2. The van der Waals surface area contributed by atoms with Gasteiger partial charge in [-0.25, -0.2) is 5.43 Å². The van der Waals surface area contributed by atoms with Gasteiger partial charge >= 0.3 is 7.12 Å². The van der Waals surface area contributed by atoms with Crippen molar-refractivity contribution in [3.05, 3.63) is 11.8 Å². The fourth-order valence-electron chi connectivity index (χ4n) is 2.24. The third-order valence-electron chi connectivity index (χ3n) is 3.23. The van der Waals surface area contributed by atoms with E-state index in [0.717, 1.165) is 31.6 Å². The highest BCUT2D eigenvalue weighted by atomic mass is 16.5. The number of hydrazine groups is 1. The highest BCUT2D eigenvalue weighted by Crippen LogP contribution is 2.27. The molecule has 0 aromatic carbocycles. The highest BCUT2D eigenvalue weighted by Gasteiger charge is 2.43. The molecule has 6 heteroatoms. The van der Waals surface area contributed by atoms with Crippen molar-refractivity contribution >= 4 is 7.12 Å². The zero-order valence-electron chi connectivity index (χ0n) is 9.81. The van der Waals surface area contributed by atoms with E-state index in [1.165, 1.54) is 0 Å². The number of nitrogens with one attached hydrogen (secondary N) is 1. The Kier molecular flexibility index (Phi) is 3.25. The molecule has 16 heavy (non-hydrogen) atoms. The lowest BCUT2D eigenvalue weighted by molar-refractivity contribution is -0.0907. The summed E-state index contributed by atoms with van der Waals surface area (Å²) in [5.41, 5.74) is 3.26. The maximum Gasteiger partial charge on any atom is 0.478 e. The van der Waals surface area contributed by atoms with Crippen LogP contribution in [0.1, 0.15) is 33.1 Å². The molecular weight excluding hydrogens is 207 g/mol. The zero-order chi connectivity index (χ0) is 11.8. The van der Waals surface area contributed by atoms with Crippen LogP contribution in [0.2, 0.25) is 0 Å². The van der Waals surface area contributed by atoms with Gasteiger partial charge < -0.3 is 14.8 Å². The van der Waals surface area contributed by atoms with Crippen LogP contribution in [-0.4, -0.2) is 40.4 Å². The third-order valence-corrected chi connectivity index (χ3v) is 3.23. The molecule has 2 heterocycles. The van der Waals surface area contributed by atoms with E-state index in [1.807, 2.05) is 18.0 Å². The Morgan fingerprint density at radius 1 is 1.56 bits per heavy atom. The van der Waals surface area contributed by atoms with Crippen LogP contribution in [0.15, 0.2) is 11.8 Å². The van der Waals surface area contributed by atoms with Crippen LogP contribution in [0, 0.1) is 0 Å². The lowest BCUT2D eigenvalue weighted by Gasteiger charge is -2.36. The summed E-state index contributed by atoms with van der Waals surface area (Å²) >= 11 is 0. The molecule has 1 fully saturated rings. The highest BCUT2D eigenvalue weighted by molar-refractivity contribution is 6.46. The van der Waals surface area contributed by atoms with Crippen LogP contribution in [0.5, 0.6) is 0 Å². The van der Waals surface area contributed by atoms with E-state index in [9.17, 15) is 10.0 Å². The lowest BCUT2D eigenvalue weighted by Crippen LogP contribution is -2.58. The molecule has 3 N–H and O–H groups in total. The molecule has 1 saturated heterocycles. The van der Waals surface area contributed by atoms with Gasteiger partial charge in [0.25, 0.3) is 0 Å². The summed E-state index contributed by atoms with van der Waals surface area (Å²) in [5.74, 6) is 0. The van der Waals surface area contributed by atoms with Crippen molar-refractivity contribution in [2.24, 2.45) is 0 Å². The Morgan fingerprint density at radius 2 is 2.31 bits per heavy atom. The number of allylic oxidation sites excluding steroid dienone is 1. The summed E-state index contributed by atoms with van der Waals surface area (Å²) in [5, 5.41) is 20.6. The standard InChI is InChI=1S/C10H19BN2O3/c1-8-7-10(2,11(14)15)12-13(8)9-5-3-4-6-16-9/h7,9,12,14-15H,3-6H2,1-2H3. The van der Waals surface area contributed by atoms with Crippen molar-refractivity contribution in [2.75, 3.05) is 6.61 Å². The molecule has 0 aliphatic carbocycles. The minimum atomic E-state index is -1.42. The normalized spacial score (nSPS) is 35.1. The SMILES string of the molecule is CC1=CC(C)(B(O)O)NN1C1CCCCO1. The minimum absolute atomic E-state index is 0.00516. The van der Waals surface area contributed by atoms with Crippen LogP contribution in [0.4, 0.5) is 0 Å². The van der Waals surface area contributed by atoms with Gasteiger partial charge in [0, 0.05) is 12.3 Å². The first-order valence-electron chi connectivity index (χ1n) is 5.77. The van der Waals surface area contributed by atoms with Crippen molar-refractivity contribution in [2.45, 2.75) is 44.8 Å². The fourth-order valence-corrected chi connectivity index (χ4v) is 2.24. The molecular formula is C10H19BN2O3. The smallest absolute Gasteiger partial charge is 0.426 e. The maximum atomic E-state index is 9.33. The second kappa shape index (κ2) is 4.37. The quantitative estimate of drug-likeness (QED) is 0.579. The largest absolute Gasteiger partial charge is 0.478 e. The van der Waals surface area contributed by atoms with E-state index >= 15 is 0 Å². The van der Waals surface area contributed by atoms with Crippen LogP contribution in [-0.2, 0) is 4.74 Å². The van der Waals surface area contributed by atoms with E-state index in [2.05, 4.69) is 5.43 Å². The summed E-state index contributed by atoms with van der Waals surface area (Å²) in [6, 6.07) is 0. The zero-order valence-corrected chi connectivity index (χ0v) is 9.81. The molecule has 0 bridgehead atoms. The van der Waals surface area contributed by atoms with Gasteiger partial charge in [-0.15, -0.1) is 0 Å². The molecule has 0 spiro atoms. The predicted octanol–water partition coefficient (Wildman–Crippen LogP) is 0.00770. The molecule has 0 amide bonds. The van der Waals surface area contributed by atoms with Gasteiger partial charge in [0.2, 0.25) is 0 Å². The summed E-state index contributed by atoms with van der Waals surface area (Å²) < 4.78 is 5.66. The van der Waals surface area contributed by atoms with Crippen molar-refractivity contribution in [3.8, 4) is 0 Å². The van der Waals surface area contributed by atoms with Gasteiger partial charge in [-0.3, -0.25) is 5.01 Å². The number of hydrogen-bond donors (Lipinski definition) is 3. The molecule has 0 aromatic heterocycles. The Hall–Kier alpha value is -0.555. The molecule has 90 valence electrons. The van der Waals surface area contributed by atoms with Crippen LogP contribution in [0.3, 0.4) is 0 Å². The fraction of sp³-hybridized carbons (Fsp3) is 0.800. The summed E-state index contributed by atoms with van der Waals surface area (Å²) in [7, 11) is -1.42. The first-order valence-corrected chi connectivity index (χ1v) is 5.77. The Bertz CT molecular complexity index is 292. The van der Waals surface area contributed by atoms with Crippen LogP contribution >= 0.6 is 0 Å². The monoisotopic (exact) mass is 226 g/mol. The second-order valence-corrected chi connectivity index (χ2v) is 4.75. The van der Waals surface area contributed by atoms with Crippen LogP contribution in [0.25, 0.3) is 0 Å². The molecule has 2 aliphatic rings. The van der Waals surface area contributed by atoms with Gasteiger partial charge in [0.15, 0.2) is 0 Å². The van der Waals surface area contributed by atoms with Crippen LogP contribution < -0.4 is 5.43 Å². The maximum absolute atomic E-state index is 9.33. The average Bonchev–Trinajstić information content (AvgIpc) is 2.57. The summed E-state index contributed by atoms with van der Waals surface area (Å²) in [6.45, 7) is 4.47.